The highest BCUT2D eigenvalue weighted by atomic mass is 16.5. The third-order valence-corrected chi connectivity index (χ3v) is 2.94. The molecule has 0 heterocycles. The van der Waals surface area contributed by atoms with Crippen molar-refractivity contribution in [2.75, 3.05) is 13.2 Å². The predicted octanol–water partition coefficient (Wildman–Crippen LogP) is 2.25. The molecule has 0 unspecified atom stereocenters. The van der Waals surface area contributed by atoms with Crippen LogP contribution in [0.5, 0.6) is 0 Å². The second kappa shape index (κ2) is 9.13. The van der Waals surface area contributed by atoms with Gasteiger partial charge in [-0.25, -0.2) is 4.79 Å². The standard InChI is InChI=1S/C16H23NO4/c1-12(2)21-11-3-10-17-15(18)9-6-13-4-7-14(8-5-13)16(19)20/h4-5,7-8,12H,3,6,9-11H2,1-2H3,(H,17,18)(H,19,20). The van der Waals surface area contributed by atoms with E-state index in [0.29, 0.717) is 26.0 Å². The second-order valence-electron chi connectivity index (χ2n) is 5.13. The number of ether oxygens (including phenoxy) is 1. The summed E-state index contributed by atoms with van der Waals surface area (Å²) in [6, 6.07) is 6.60. The quantitative estimate of drug-likeness (QED) is 0.685. The van der Waals surface area contributed by atoms with Gasteiger partial charge in [-0.05, 0) is 44.4 Å². The number of benzene rings is 1. The van der Waals surface area contributed by atoms with Crippen LogP contribution in [0.1, 0.15) is 42.6 Å². The number of hydrogen-bond donors (Lipinski definition) is 2. The van der Waals surface area contributed by atoms with Crippen LogP contribution in [0, 0.1) is 0 Å². The van der Waals surface area contributed by atoms with Crippen molar-refractivity contribution >= 4 is 11.9 Å². The summed E-state index contributed by atoms with van der Waals surface area (Å²) in [5.41, 5.74) is 1.21. The van der Waals surface area contributed by atoms with E-state index < -0.39 is 5.97 Å². The minimum atomic E-state index is -0.942. The summed E-state index contributed by atoms with van der Waals surface area (Å²) >= 11 is 0. The normalized spacial score (nSPS) is 10.6. The Morgan fingerprint density at radius 1 is 1.24 bits per heavy atom. The van der Waals surface area contributed by atoms with E-state index in [9.17, 15) is 9.59 Å². The van der Waals surface area contributed by atoms with Crippen LogP contribution in [0.15, 0.2) is 24.3 Å². The third-order valence-electron chi connectivity index (χ3n) is 2.94. The van der Waals surface area contributed by atoms with Gasteiger partial charge >= 0.3 is 5.97 Å². The highest BCUT2D eigenvalue weighted by molar-refractivity contribution is 5.87. The lowest BCUT2D eigenvalue weighted by Gasteiger charge is -2.08. The maximum absolute atomic E-state index is 11.6. The molecule has 1 amide bonds. The lowest BCUT2D eigenvalue weighted by molar-refractivity contribution is -0.121. The van der Waals surface area contributed by atoms with E-state index >= 15 is 0 Å². The van der Waals surface area contributed by atoms with E-state index in [2.05, 4.69) is 5.32 Å². The van der Waals surface area contributed by atoms with Crippen LogP contribution in [0.2, 0.25) is 0 Å². The summed E-state index contributed by atoms with van der Waals surface area (Å²) in [5.74, 6) is -0.940. The first-order valence-corrected chi connectivity index (χ1v) is 7.19. The lowest BCUT2D eigenvalue weighted by Crippen LogP contribution is -2.25. The van der Waals surface area contributed by atoms with Gasteiger partial charge < -0.3 is 15.2 Å². The molecule has 0 saturated heterocycles. The number of amides is 1. The molecule has 5 nitrogen and oxygen atoms in total. The molecule has 0 aliphatic rings. The zero-order chi connectivity index (χ0) is 15.7. The van der Waals surface area contributed by atoms with Crippen LogP contribution in [-0.4, -0.2) is 36.2 Å². The molecule has 0 aliphatic heterocycles. The third kappa shape index (κ3) is 7.46. The Hall–Kier alpha value is -1.88. The van der Waals surface area contributed by atoms with Gasteiger partial charge in [0.1, 0.15) is 0 Å². The SMILES string of the molecule is CC(C)OCCCNC(=O)CCc1ccc(C(=O)O)cc1. The van der Waals surface area contributed by atoms with Gasteiger partial charge in [0.25, 0.3) is 0 Å². The Bertz CT molecular complexity index is 454. The fraction of sp³-hybridized carbons (Fsp3) is 0.500. The maximum atomic E-state index is 11.6. The number of rotatable bonds is 9. The molecule has 1 rings (SSSR count). The van der Waals surface area contributed by atoms with Gasteiger partial charge in [0.15, 0.2) is 0 Å². The van der Waals surface area contributed by atoms with Crippen LogP contribution < -0.4 is 5.32 Å². The summed E-state index contributed by atoms with van der Waals surface area (Å²) in [7, 11) is 0. The summed E-state index contributed by atoms with van der Waals surface area (Å²) in [6.45, 7) is 5.22. The average molecular weight is 293 g/mol. The van der Waals surface area contributed by atoms with Crippen molar-refractivity contribution in [3.63, 3.8) is 0 Å². The second-order valence-corrected chi connectivity index (χ2v) is 5.13. The number of aryl methyl sites for hydroxylation is 1. The highest BCUT2D eigenvalue weighted by Gasteiger charge is 2.04. The van der Waals surface area contributed by atoms with E-state index in [0.717, 1.165) is 12.0 Å². The van der Waals surface area contributed by atoms with E-state index in [-0.39, 0.29) is 17.6 Å². The molecule has 0 bridgehead atoms. The van der Waals surface area contributed by atoms with Crippen LogP contribution >= 0.6 is 0 Å². The summed E-state index contributed by atoms with van der Waals surface area (Å²) < 4.78 is 5.38. The molecule has 0 aromatic heterocycles. The van der Waals surface area contributed by atoms with Crippen LogP contribution in [0.4, 0.5) is 0 Å². The van der Waals surface area contributed by atoms with Crippen LogP contribution in [0.25, 0.3) is 0 Å². The number of carbonyl (C=O) groups excluding carboxylic acids is 1. The van der Waals surface area contributed by atoms with Gasteiger partial charge in [0.2, 0.25) is 5.91 Å². The van der Waals surface area contributed by atoms with Crippen molar-refractivity contribution in [1.82, 2.24) is 5.32 Å². The topological polar surface area (TPSA) is 75.6 Å². The molecule has 0 atom stereocenters. The van der Waals surface area contributed by atoms with Crippen molar-refractivity contribution < 1.29 is 19.4 Å². The van der Waals surface area contributed by atoms with Crippen LogP contribution in [-0.2, 0) is 16.0 Å². The van der Waals surface area contributed by atoms with Gasteiger partial charge in [-0.15, -0.1) is 0 Å². The fourth-order valence-corrected chi connectivity index (χ4v) is 1.78. The molecule has 116 valence electrons. The van der Waals surface area contributed by atoms with Crippen LogP contribution in [0.3, 0.4) is 0 Å². The van der Waals surface area contributed by atoms with E-state index in [1.54, 1.807) is 24.3 Å². The molecule has 5 heteroatoms. The van der Waals surface area contributed by atoms with Crippen molar-refractivity contribution in [2.45, 2.75) is 39.2 Å². The number of nitrogens with one attached hydrogen (secondary N) is 1. The van der Waals surface area contributed by atoms with E-state index in [1.165, 1.54) is 0 Å². The molecular weight excluding hydrogens is 270 g/mol. The molecule has 0 fully saturated rings. The molecule has 0 spiro atoms. The molecule has 1 aromatic rings. The zero-order valence-electron chi connectivity index (χ0n) is 12.6. The van der Waals surface area contributed by atoms with Crippen molar-refractivity contribution in [2.24, 2.45) is 0 Å². The number of carboxylic acid groups (broad SMARTS) is 1. The Balaban J connectivity index is 2.19. The Labute approximate surface area is 125 Å². The van der Waals surface area contributed by atoms with Gasteiger partial charge in [-0.1, -0.05) is 12.1 Å². The number of carboxylic acids is 1. The maximum Gasteiger partial charge on any atom is 0.335 e. The summed E-state index contributed by atoms with van der Waals surface area (Å²) in [6.07, 6.45) is 2.03. The lowest BCUT2D eigenvalue weighted by atomic mass is 10.1. The average Bonchev–Trinajstić information content (AvgIpc) is 2.44. The minimum Gasteiger partial charge on any atom is -0.478 e. The number of carbonyl (C=O) groups is 2. The molecule has 0 radical (unpaired) electrons. The largest absolute Gasteiger partial charge is 0.478 e. The number of hydrogen-bond acceptors (Lipinski definition) is 3. The molecule has 2 N–H and O–H groups in total. The first-order valence-electron chi connectivity index (χ1n) is 7.19. The van der Waals surface area contributed by atoms with Gasteiger partial charge in [0.05, 0.1) is 11.7 Å². The molecule has 1 aromatic carbocycles. The molecule has 0 aliphatic carbocycles. The van der Waals surface area contributed by atoms with Crippen molar-refractivity contribution in [3.05, 3.63) is 35.4 Å². The van der Waals surface area contributed by atoms with Crippen molar-refractivity contribution in [1.29, 1.82) is 0 Å². The fourth-order valence-electron chi connectivity index (χ4n) is 1.78. The monoisotopic (exact) mass is 293 g/mol. The van der Waals surface area contributed by atoms with Gasteiger partial charge in [0, 0.05) is 19.6 Å². The summed E-state index contributed by atoms with van der Waals surface area (Å²) in [4.78, 5) is 22.4. The van der Waals surface area contributed by atoms with E-state index in [4.69, 9.17) is 9.84 Å². The molecule has 21 heavy (non-hydrogen) atoms. The smallest absolute Gasteiger partial charge is 0.335 e. The number of aromatic carboxylic acids is 1. The predicted molar refractivity (Wildman–Crippen MR) is 80.4 cm³/mol. The van der Waals surface area contributed by atoms with Crippen molar-refractivity contribution in [3.8, 4) is 0 Å². The first-order chi connectivity index (χ1) is 9.99. The van der Waals surface area contributed by atoms with E-state index in [1.807, 2.05) is 13.8 Å². The first kappa shape index (κ1) is 17.2. The Morgan fingerprint density at radius 3 is 2.48 bits per heavy atom. The highest BCUT2D eigenvalue weighted by Crippen LogP contribution is 2.06. The minimum absolute atomic E-state index is 0.00172. The van der Waals surface area contributed by atoms with Gasteiger partial charge in [-0.2, -0.15) is 0 Å². The molecule has 0 saturated carbocycles. The Morgan fingerprint density at radius 2 is 1.90 bits per heavy atom. The Kier molecular flexibility index (Phi) is 7.46. The zero-order valence-corrected chi connectivity index (χ0v) is 12.6. The summed E-state index contributed by atoms with van der Waals surface area (Å²) in [5, 5.41) is 11.6. The van der Waals surface area contributed by atoms with Gasteiger partial charge in [-0.3, -0.25) is 4.79 Å². The molecular formula is C16H23NO4.